The minimum Gasteiger partial charge on any atom is -0.457 e. The van der Waals surface area contributed by atoms with E-state index >= 15 is 0 Å². The summed E-state index contributed by atoms with van der Waals surface area (Å²) < 4.78 is 10.3. The van der Waals surface area contributed by atoms with Crippen molar-refractivity contribution in [3.8, 4) is 0 Å². The van der Waals surface area contributed by atoms with E-state index in [2.05, 4.69) is 17.9 Å². The molecule has 0 aliphatic carbocycles. The van der Waals surface area contributed by atoms with Gasteiger partial charge in [-0.25, -0.2) is 9.59 Å². The zero-order valence-corrected chi connectivity index (χ0v) is 18.9. The number of likely N-dealkylation sites (tertiary alicyclic amines) is 2. The molecule has 1 amide bonds. The molecule has 0 radical (unpaired) electrons. The summed E-state index contributed by atoms with van der Waals surface area (Å²) in [5, 5.41) is 0. The third-order valence-corrected chi connectivity index (χ3v) is 7.93. The SMILES string of the molecule is CC1=C(N2CCCC3(CCN(CCc4ccc5c(c4C)COC5=O)CC3)C2=O)COC1=O. The molecule has 0 unspecified atom stereocenters. The molecule has 7 heteroatoms. The van der Waals surface area contributed by atoms with Crippen LogP contribution in [-0.2, 0) is 32.1 Å². The second-order valence-corrected chi connectivity index (χ2v) is 9.53. The fraction of sp³-hybridized carbons (Fsp3) is 0.560. The van der Waals surface area contributed by atoms with Crippen molar-refractivity contribution >= 4 is 17.8 Å². The number of carbonyl (C=O) groups excluding carboxylic acids is 3. The van der Waals surface area contributed by atoms with Gasteiger partial charge in [-0.3, -0.25) is 4.79 Å². The summed E-state index contributed by atoms with van der Waals surface area (Å²) in [5.74, 6) is -0.350. The van der Waals surface area contributed by atoms with Crippen LogP contribution < -0.4 is 0 Å². The molecule has 0 saturated carbocycles. The molecule has 32 heavy (non-hydrogen) atoms. The smallest absolute Gasteiger partial charge is 0.338 e. The topological polar surface area (TPSA) is 76.2 Å². The van der Waals surface area contributed by atoms with Gasteiger partial charge >= 0.3 is 11.9 Å². The third-order valence-electron chi connectivity index (χ3n) is 7.93. The predicted molar refractivity (Wildman–Crippen MR) is 117 cm³/mol. The van der Waals surface area contributed by atoms with Crippen LogP contribution in [-0.4, -0.2) is 60.4 Å². The van der Waals surface area contributed by atoms with Crippen LogP contribution in [0.25, 0.3) is 0 Å². The normalized spacial score (nSPS) is 23.1. The van der Waals surface area contributed by atoms with E-state index in [1.165, 1.54) is 5.56 Å². The van der Waals surface area contributed by atoms with E-state index in [4.69, 9.17) is 9.47 Å². The zero-order valence-electron chi connectivity index (χ0n) is 18.9. The number of esters is 2. The highest BCUT2D eigenvalue weighted by atomic mass is 16.5. The number of cyclic esters (lactones) is 2. The van der Waals surface area contributed by atoms with Gasteiger partial charge in [0.15, 0.2) is 0 Å². The summed E-state index contributed by atoms with van der Waals surface area (Å²) in [6.07, 6.45) is 4.52. The van der Waals surface area contributed by atoms with Crippen LogP contribution in [0.15, 0.2) is 23.4 Å². The van der Waals surface area contributed by atoms with E-state index in [0.717, 1.165) is 68.6 Å². The summed E-state index contributed by atoms with van der Waals surface area (Å²) in [5.41, 5.74) is 5.17. The number of nitrogens with zero attached hydrogens (tertiary/aromatic N) is 2. The van der Waals surface area contributed by atoms with E-state index < -0.39 is 0 Å². The summed E-state index contributed by atoms with van der Waals surface area (Å²) >= 11 is 0. The molecular formula is C25H30N2O5. The van der Waals surface area contributed by atoms with Gasteiger partial charge in [-0.1, -0.05) is 6.07 Å². The molecule has 1 spiro atoms. The van der Waals surface area contributed by atoms with Gasteiger partial charge in [0.25, 0.3) is 0 Å². The minimum atomic E-state index is -0.311. The van der Waals surface area contributed by atoms with Crippen molar-refractivity contribution in [3.63, 3.8) is 0 Å². The summed E-state index contributed by atoms with van der Waals surface area (Å²) in [6, 6.07) is 3.94. The predicted octanol–water partition coefficient (Wildman–Crippen LogP) is 2.74. The maximum Gasteiger partial charge on any atom is 0.338 e. The van der Waals surface area contributed by atoms with E-state index in [-0.39, 0.29) is 29.9 Å². The maximum atomic E-state index is 13.5. The standard InChI is InChI=1S/C25H30N2O5/c1-16-18(4-5-19-20(16)14-31-23(19)29)6-11-26-12-8-25(9-13-26)7-3-10-27(24(25)30)21-15-32-22(28)17(21)2/h4-5H,3,6-15H2,1-2H3. The number of benzene rings is 1. The lowest BCUT2D eigenvalue weighted by Crippen LogP contribution is -2.53. The first-order valence-electron chi connectivity index (χ1n) is 11.6. The summed E-state index contributed by atoms with van der Waals surface area (Å²) in [6.45, 7) is 7.85. The number of fused-ring (bicyclic) bond motifs is 1. The van der Waals surface area contributed by atoms with Crippen LogP contribution in [0.1, 0.15) is 59.7 Å². The Labute approximate surface area is 188 Å². The molecule has 2 fully saturated rings. The van der Waals surface area contributed by atoms with E-state index in [9.17, 15) is 14.4 Å². The molecule has 1 aromatic carbocycles. The fourth-order valence-electron chi connectivity index (χ4n) is 5.69. The Morgan fingerprint density at radius 3 is 2.41 bits per heavy atom. The van der Waals surface area contributed by atoms with E-state index in [0.29, 0.717) is 24.3 Å². The lowest BCUT2D eigenvalue weighted by molar-refractivity contribution is -0.148. The fourth-order valence-corrected chi connectivity index (χ4v) is 5.69. The van der Waals surface area contributed by atoms with Gasteiger partial charge < -0.3 is 19.3 Å². The molecule has 4 aliphatic heterocycles. The Balaban J connectivity index is 1.21. The second-order valence-electron chi connectivity index (χ2n) is 9.53. The average Bonchev–Trinajstić information content (AvgIpc) is 3.34. The van der Waals surface area contributed by atoms with E-state index in [1.54, 1.807) is 6.92 Å². The molecule has 4 aliphatic rings. The Bertz CT molecular complexity index is 1020. The van der Waals surface area contributed by atoms with Crippen LogP contribution in [0.5, 0.6) is 0 Å². The number of rotatable bonds is 4. The van der Waals surface area contributed by atoms with Crippen LogP contribution >= 0.6 is 0 Å². The van der Waals surface area contributed by atoms with Gasteiger partial charge in [0.05, 0.1) is 22.2 Å². The van der Waals surface area contributed by atoms with Gasteiger partial charge in [0, 0.05) is 18.7 Å². The molecule has 0 atom stereocenters. The minimum absolute atomic E-state index is 0.176. The first-order chi connectivity index (χ1) is 15.4. The van der Waals surface area contributed by atoms with E-state index in [1.807, 2.05) is 11.0 Å². The number of piperidine rings is 2. The molecule has 0 aromatic heterocycles. The number of ether oxygens (including phenoxy) is 2. The monoisotopic (exact) mass is 438 g/mol. The molecule has 2 saturated heterocycles. The highest BCUT2D eigenvalue weighted by Gasteiger charge is 2.47. The average molecular weight is 439 g/mol. The number of hydrogen-bond acceptors (Lipinski definition) is 6. The molecule has 1 aromatic rings. The third kappa shape index (κ3) is 3.43. The second kappa shape index (κ2) is 8.03. The highest BCUT2D eigenvalue weighted by molar-refractivity contribution is 5.94. The highest BCUT2D eigenvalue weighted by Crippen LogP contribution is 2.42. The Morgan fingerprint density at radius 2 is 1.69 bits per heavy atom. The van der Waals surface area contributed by atoms with Crippen molar-refractivity contribution in [2.45, 2.75) is 52.6 Å². The van der Waals surface area contributed by atoms with Crippen LogP contribution in [0.2, 0.25) is 0 Å². The molecule has 7 nitrogen and oxygen atoms in total. The quantitative estimate of drug-likeness (QED) is 0.673. The van der Waals surface area contributed by atoms with Crippen molar-refractivity contribution in [1.29, 1.82) is 0 Å². The lowest BCUT2D eigenvalue weighted by Gasteiger charge is -2.46. The summed E-state index contributed by atoms with van der Waals surface area (Å²) in [4.78, 5) is 41.3. The Kier molecular flexibility index (Phi) is 5.32. The Hall–Kier alpha value is -2.67. The molecule has 0 bridgehead atoms. The van der Waals surface area contributed by atoms with Crippen molar-refractivity contribution < 1.29 is 23.9 Å². The Morgan fingerprint density at radius 1 is 0.938 bits per heavy atom. The first kappa shape index (κ1) is 21.2. The van der Waals surface area contributed by atoms with Gasteiger partial charge in [-0.05, 0) is 76.2 Å². The maximum absolute atomic E-state index is 13.5. The van der Waals surface area contributed by atoms with Gasteiger partial charge in [0.2, 0.25) is 5.91 Å². The van der Waals surface area contributed by atoms with Gasteiger partial charge in [0.1, 0.15) is 13.2 Å². The van der Waals surface area contributed by atoms with Gasteiger partial charge in [-0.2, -0.15) is 0 Å². The number of hydrogen-bond donors (Lipinski definition) is 0. The summed E-state index contributed by atoms with van der Waals surface area (Å²) in [7, 11) is 0. The molecule has 4 heterocycles. The van der Waals surface area contributed by atoms with Crippen molar-refractivity contribution in [1.82, 2.24) is 9.80 Å². The van der Waals surface area contributed by atoms with Crippen molar-refractivity contribution in [2.24, 2.45) is 5.41 Å². The van der Waals surface area contributed by atoms with Gasteiger partial charge in [-0.15, -0.1) is 0 Å². The largest absolute Gasteiger partial charge is 0.457 e. The molecular weight excluding hydrogens is 408 g/mol. The van der Waals surface area contributed by atoms with Crippen molar-refractivity contribution in [3.05, 3.63) is 45.7 Å². The zero-order chi connectivity index (χ0) is 22.5. The number of amides is 1. The number of carbonyl (C=O) groups is 3. The molecule has 170 valence electrons. The lowest BCUT2D eigenvalue weighted by atomic mass is 9.71. The van der Waals surface area contributed by atoms with Crippen LogP contribution in [0.4, 0.5) is 0 Å². The van der Waals surface area contributed by atoms with Crippen molar-refractivity contribution in [2.75, 3.05) is 32.8 Å². The molecule has 5 rings (SSSR count). The first-order valence-corrected chi connectivity index (χ1v) is 11.6. The van der Waals surface area contributed by atoms with Crippen LogP contribution in [0.3, 0.4) is 0 Å². The van der Waals surface area contributed by atoms with Crippen LogP contribution in [0, 0.1) is 12.3 Å². The molecule has 0 N–H and O–H groups in total.